The van der Waals surface area contributed by atoms with Gasteiger partial charge in [0.05, 0.1) is 12.8 Å². The maximum absolute atomic E-state index is 13.6. The molecule has 3 rings (SSSR count). The van der Waals surface area contributed by atoms with Gasteiger partial charge in [-0.1, -0.05) is 42.5 Å². The monoisotopic (exact) mass is 420 g/mol. The van der Waals surface area contributed by atoms with Gasteiger partial charge in [-0.2, -0.15) is 0 Å². The highest BCUT2D eigenvalue weighted by atomic mass is 19.1. The molecule has 3 aromatic rings. The highest BCUT2D eigenvalue weighted by molar-refractivity contribution is 5.96. The summed E-state index contributed by atoms with van der Waals surface area (Å²) in [6, 6.07) is 18.9. The lowest BCUT2D eigenvalue weighted by Gasteiger charge is -2.27. The van der Waals surface area contributed by atoms with E-state index >= 15 is 0 Å². The summed E-state index contributed by atoms with van der Waals surface area (Å²) in [7, 11) is 0. The van der Waals surface area contributed by atoms with E-state index in [-0.39, 0.29) is 24.6 Å². The lowest BCUT2D eigenvalue weighted by molar-refractivity contribution is -0.132. The number of amides is 2. The predicted molar refractivity (Wildman–Crippen MR) is 117 cm³/mol. The Morgan fingerprint density at radius 3 is 2.48 bits per heavy atom. The topological polar surface area (TPSA) is 53.8 Å². The third-order valence-electron chi connectivity index (χ3n) is 4.83. The highest BCUT2D eigenvalue weighted by Crippen LogP contribution is 2.12. The summed E-state index contributed by atoms with van der Waals surface area (Å²) in [6.07, 6.45) is 3.78. The number of nitrogens with zero attached hydrogens (tertiary/aromatic N) is 2. The van der Waals surface area contributed by atoms with E-state index in [2.05, 4.69) is 6.58 Å². The average molecular weight is 420 g/mol. The fourth-order valence-corrected chi connectivity index (χ4v) is 3.23. The van der Waals surface area contributed by atoms with Gasteiger partial charge in [0.1, 0.15) is 18.1 Å². The first-order chi connectivity index (χ1) is 15.1. The first kappa shape index (κ1) is 22.0. The van der Waals surface area contributed by atoms with Gasteiger partial charge in [0, 0.05) is 18.7 Å². The Kier molecular flexibility index (Phi) is 7.76. The third kappa shape index (κ3) is 6.40. The van der Waals surface area contributed by atoms with Gasteiger partial charge < -0.3 is 14.2 Å². The molecular formula is C25H25FN2O3. The number of rotatable bonds is 10. The quantitative estimate of drug-likeness (QED) is 0.459. The van der Waals surface area contributed by atoms with Gasteiger partial charge in [-0.15, -0.1) is 6.58 Å². The van der Waals surface area contributed by atoms with Crippen LogP contribution in [-0.2, 0) is 17.8 Å². The fourth-order valence-electron chi connectivity index (χ4n) is 3.23. The number of hydrogen-bond donors (Lipinski definition) is 0. The van der Waals surface area contributed by atoms with Crippen LogP contribution >= 0.6 is 0 Å². The molecule has 0 N–H and O–H groups in total. The van der Waals surface area contributed by atoms with Gasteiger partial charge in [-0.25, -0.2) is 4.39 Å². The summed E-state index contributed by atoms with van der Waals surface area (Å²) >= 11 is 0. The average Bonchev–Trinajstić information content (AvgIpc) is 3.29. The maximum atomic E-state index is 13.6. The van der Waals surface area contributed by atoms with Crippen LogP contribution in [0.3, 0.4) is 0 Å². The zero-order valence-corrected chi connectivity index (χ0v) is 17.2. The lowest BCUT2D eigenvalue weighted by atomic mass is 10.1. The molecule has 0 aliphatic rings. The second kappa shape index (κ2) is 10.9. The molecule has 0 spiro atoms. The SMILES string of the molecule is C=CCN(CC(=O)N(CCc1ccccc1)Cc1ccco1)C(=O)c1cccc(F)c1. The van der Waals surface area contributed by atoms with Crippen molar-refractivity contribution in [2.75, 3.05) is 19.6 Å². The largest absolute Gasteiger partial charge is 0.467 e. The Hall–Kier alpha value is -3.67. The Morgan fingerprint density at radius 1 is 1.00 bits per heavy atom. The van der Waals surface area contributed by atoms with Gasteiger partial charge >= 0.3 is 0 Å². The summed E-state index contributed by atoms with van der Waals surface area (Å²) in [5.74, 6) is -0.487. The molecule has 6 heteroatoms. The van der Waals surface area contributed by atoms with E-state index in [9.17, 15) is 14.0 Å². The zero-order valence-electron chi connectivity index (χ0n) is 17.2. The smallest absolute Gasteiger partial charge is 0.254 e. The molecule has 0 saturated heterocycles. The number of furan rings is 1. The summed E-state index contributed by atoms with van der Waals surface area (Å²) in [5, 5.41) is 0. The van der Waals surface area contributed by atoms with Crippen LogP contribution in [-0.4, -0.2) is 41.2 Å². The van der Waals surface area contributed by atoms with Gasteiger partial charge in [-0.05, 0) is 42.3 Å². The summed E-state index contributed by atoms with van der Waals surface area (Å²) < 4.78 is 19.0. The van der Waals surface area contributed by atoms with Gasteiger partial charge in [0.25, 0.3) is 5.91 Å². The first-order valence-corrected chi connectivity index (χ1v) is 10.1. The van der Waals surface area contributed by atoms with Crippen molar-refractivity contribution in [3.63, 3.8) is 0 Å². The molecule has 5 nitrogen and oxygen atoms in total. The predicted octanol–water partition coefficient (Wildman–Crippen LogP) is 4.32. The van der Waals surface area contributed by atoms with Gasteiger partial charge in [0.2, 0.25) is 5.91 Å². The Balaban J connectivity index is 1.74. The van der Waals surface area contributed by atoms with Crippen molar-refractivity contribution in [1.82, 2.24) is 9.80 Å². The van der Waals surface area contributed by atoms with Crippen LogP contribution in [0.5, 0.6) is 0 Å². The number of hydrogen-bond acceptors (Lipinski definition) is 3. The first-order valence-electron chi connectivity index (χ1n) is 10.1. The van der Waals surface area contributed by atoms with Crippen molar-refractivity contribution in [2.24, 2.45) is 0 Å². The number of carbonyl (C=O) groups excluding carboxylic acids is 2. The van der Waals surface area contributed by atoms with E-state index in [4.69, 9.17) is 4.42 Å². The standard InChI is InChI=1S/C25H25FN2O3/c1-2-14-28(25(30)21-10-6-11-22(26)17-21)19-24(29)27(18-23-12-7-16-31-23)15-13-20-8-4-3-5-9-20/h2-12,16-17H,1,13-15,18-19H2. The number of halogens is 1. The van der Waals surface area contributed by atoms with E-state index in [0.717, 1.165) is 5.56 Å². The molecule has 31 heavy (non-hydrogen) atoms. The van der Waals surface area contributed by atoms with Crippen LogP contribution < -0.4 is 0 Å². The van der Waals surface area contributed by atoms with Crippen molar-refractivity contribution >= 4 is 11.8 Å². The van der Waals surface area contributed by atoms with Crippen LogP contribution in [0.25, 0.3) is 0 Å². The van der Waals surface area contributed by atoms with E-state index in [1.54, 1.807) is 23.3 Å². The Morgan fingerprint density at radius 2 is 1.81 bits per heavy atom. The van der Waals surface area contributed by atoms with E-state index in [1.165, 1.54) is 29.2 Å². The molecular weight excluding hydrogens is 395 g/mol. The van der Waals surface area contributed by atoms with Crippen molar-refractivity contribution in [3.05, 3.63) is 108 Å². The second-order valence-corrected chi connectivity index (χ2v) is 7.11. The summed E-state index contributed by atoms with van der Waals surface area (Å²) in [5.41, 5.74) is 1.30. The molecule has 2 aromatic carbocycles. The molecule has 0 aliphatic carbocycles. The normalized spacial score (nSPS) is 10.5. The minimum absolute atomic E-state index is 0.142. The lowest BCUT2D eigenvalue weighted by Crippen LogP contribution is -2.43. The molecule has 0 atom stereocenters. The van der Waals surface area contributed by atoms with Crippen molar-refractivity contribution in [2.45, 2.75) is 13.0 Å². The molecule has 0 radical (unpaired) electrons. The van der Waals surface area contributed by atoms with Gasteiger partial charge in [0.15, 0.2) is 0 Å². The maximum Gasteiger partial charge on any atom is 0.254 e. The van der Waals surface area contributed by atoms with Crippen molar-refractivity contribution < 1.29 is 18.4 Å². The summed E-state index contributed by atoms with van der Waals surface area (Å²) in [6.45, 7) is 4.48. The van der Waals surface area contributed by atoms with E-state index in [0.29, 0.717) is 25.3 Å². The molecule has 160 valence electrons. The second-order valence-electron chi connectivity index (χ2n) is 7.11. The zero-order chi connectivity index (χ0) is 22.1. The fraction of sp³-hybridized carbons (Fsp3) is 0.200. The van der Waals surface area contributed by atoms with Crippen LogP contribution in [0.2, 0.25) is 0 Å². The van der Waals surface area contributed by atoms with Crippen LogP contribution in [0.4, 0.5) is 4.39 Å². The van der Waals surface area contributed by atoms with Crippen LogP contribution in [0, 0.1) is 5.82 Å². The molecule has 2 amide bonds. The summed E-state index contributed by atoms with van der Waals surface area (Å²) in [4.78, 5) is 29.1. The molecule has 0 bridgehead atoms. The highest BCUT2D eigenvalue weighted by Gasteiger charge is 2.22. The molecule has 0 fully saturated rings. The molecule has 1 heterocycles. The van der Waals surface area contributed by atoms with Crippen LogP contribution in [0.15, 0.2) is 90.1 Å². The Labute approximate surface area is 181 Å². The van der Waals surface area contributed by atoms with Gasteiger partial charge in [-0.3, -0.25) is 9.59 Å². The minimum Gasteiger partial charge on any atom is -0.467 e. The molecule has 0 aliphatic heterocycles. The Bertz CT molecular complexity index is 1000. The number of benzene rings is 2. The number of carbonyl (C=O) groups is 2. The molecule has 0 saturated carbocycles. The van der Waals surface area contributed by atoms with Crippen molar-refractivity contribution in [3.8, 4) is 0 Å². The van der Waals surface area contributed by atoms with E-state index in [1.807, 2.05) is 36.4 Å². The molecule has 0 unspecified atom stereocenters. The third-order valence-corrected chi connectivity index (χ3v) is 4.83. The molecule has 1 aromatic heterocycles. The minimum atomic E-state index is -0.502. The van der Waals surface area contributed by atoms with Crippen LogP contribution in [0.1, 0.15) is 21.7 Å². The van der Waals surface area contributed by atoms with E-state index < -0.39 is 11.7 Å². The van der Waals surface area contributed by atoms with Crippen molar-refractivity contribution in [1.29, 1.82) is 0 Å².